The van der Waals surface area contributed by atoms with E-state index in [2.05, 4.69) is 0 Å². The molecule has 3 nitrogen and oxygen atoms in total. The van der Waals surface area contributed by atoms with Crippen molar-refractivity contribution in [2.24, 2.45) is 0 Å². The molecule has 1 aliphatic rings. The zero-order valence-corrected chi connectivity index (χ0v) is 13.3. The Labute approximate surface area is 135 Å². The summed E-state index contributed by atoms with van der Waals surface area (Å²) in [6.45, 7) is 1.46. The average molecular weight is 341 g/mol. The molecule has 0 aliphatic carbocycles. The first-order valence-corrected chi connectivity index (χ1v) is 7.88. The van der Waals surface area contributed by atoms with Gasteiger partial charge in [0.05, 0.1) is 9.90 Å². The molecule has 21 heavy (non-hydrogen) atoms. The van der Waals surface area contributed by atoms with Crippen molar-refractivity contribution in [3.8, 4) is 5.75 Å². The molecule has 1 unspecified atom stereocenters. The monoisotopic (exact) mass is 340 g/mol. The molecular formula is C15H10Cl2O3S. The van der Waals surface area contributed by atoms with Gasteiger partial charge in [-0.05, 0) is 24.4 Å². The molecule has 0 saturated carbocycles. The lowest BCUT2D eigenvalue weighted by molar-refractivity contribution is -0.122. The third-order valence-electron chi connectivity index (χ3n) is 3.35. The minimum atomic E-state index is -0.555. The molecule has 1 aromatic heterocycles. The molecule has 0 saturated heterocycles. The highest BCUT2D eigenvalue weighted by atomic mass is 35.5. The summed E-state index contributed by atoms with van der Waals surface area (Å²) in [6.07, 6.45) is -0.146. The number of rotatable bonds is 3. The van der Waals surface area contributed by atoms with Crippen molar-refractivity contribution < 1.29 is 14.3 Å². The second-order valence-electron chi connectivity index (χ2n) is 4.77. The Bertz CT molecular complexity index is 738. The molecule has 0 amide bonds. The molecule has 0 bridgehead atoms. The number of fused-ring (bicyclic) bond motifs is 1. The van der Waals surface area contributed by atoms with Crippen LogP contribution in [0.5, 0.6) is 5.75 Å². The topological polar surface area (TPSA) is 43.4 Å². The van der Waals surface area contributed by atoms with Crippen molar-refractivity contribution in [2.45, 2.75) is 19.4 Å². The van der Waals surface area contributed by atoms with Crippen LogP contribution in [0.1, 0.15) is 27.7 Å². The van der Waals surface area contributed by atoms with Crippen LogP contribution in [0, 0.1) is 0 Å². The summed E-state index contributed by atoms with van der Waals surface area (Å²) in [7, 11) is 0. The Morgan fingerprint density at radius 3 is 2.71 bits per heavy atom. The van der Waals surface area contributed by atoms with Gasteiger partial charge in [0, 0.05) is 17.5 Å². The second kappa shape index (κ2) is 5.44. The summed E-state index contributed by atoms with van der Waals surface area (Å²) in [6, 6.07) is 5.21. The molecule has 1 atom stereocenters. The summed E-state index contributed by atoms with van der Waals surface area (Å²) < 4.78 is 5.53. The summed E-state index contributed by atoms with van der Waals surface area (Å²) in [5, 5.41) is 2.18. The van der Waals surface area contributed by atoms with E-state index in [1.54, 1.807) is 18.2 Å². The van der Waals surface area contributed by atoms with Crippen LogP contribution in [-0.2, 0) is 11.2 Å². The number of halogens is 2. The van der Waals surface area contributed by atoms with Gasteiger partial charge in [0.15, 0.2) is 11.9 Å². The molecule has 108 valence electrons. The summed E-state index contributed by atoms with van der Waals surface area (Å²) in [5.41, 5.74) is 1.08. The van der Waals surface area contributed by atoms with E-state index in [9.17, 15) is 9.59 Å². The van der Waals surface area contributed by atoms with Crippen LogP contribution in [0.4, 0.5) is 0 Å². The fourth-order valence-electron chi connectivity index (χ4n) is 2.26. The van der Waals surface area contributed by atoms with Crippen molar-refractivity contribution in [2.75, 3.05) is 0 Å². The second-order valence-corrected chi connectivity index (χ2v) is 6.47. The van der Waals surface area contributed by atoms with Gasteiger partial charge in [0.25, 0.3) is 0 Å². The number of hydrogen-bond acceptors (Lipinski definition) is 4. The number of ether oxygens (including phenoxy) is 1. The van der Waals surface area contributed by atoms with Gasteiger partial charge in [0.1, 0.15) is 10.8 Å². The molecule has 0 radical (unpaired) electrons. The molecule has 3 rings (SSSR count). The standard InChI is InChI=1S/C15H10Cl2O3S/c1-7(18)10-6-8-5-9(12(16)13(17)15(8)20-10)14(19)11-3-2-4-21-11/h2-5,10H,6H2,1H3. The maximum Gasteiger partial charge on any atom is 0.204 e. The molecule has 0 fully saturated rings. The summed E-state index contributed by atoms with van der Waals surface area (Å²) in [5.74, 6) is 0.153. The minimum Gasteiger partial charge on any atom is -0.480 e. The highest BCUT2D eigenvalue weighted by Gasteiger charge is 2.32. The smallest absolute Gasteiger partial charge is 0.204 e. The third-order valence-corrected chi connectivity index (χ3v) is 5.07. The predicted octanol–water partition coefficient (Wildman–Crippen LogP) is 4.18. The Morgan fingerprint density at radius 1 is 1.33 bits per heavy atom. The molecule has 0 spiro atoms. The Hall–Kier alpha value is -1.36. The number of carbonyl (C=O) groups is 2. The molecule has 1 aromatic carbocycles. The van der Waals surface area contributed by atoms with Crippen LogP contribution >= 0.6 is 34.5 Å². The molecule has 1 aliphatic heterocycles. The molecular weight excluding hydrogens is 331 g/mol. The van der Waals surface area contributed by atoms with Crippen molar-refractivity contribution in [1.29, 1.82) is 0 Å². The van der Waals surface area contributed by atoms with Gasteiger partial charge in [-0.15, -0.1) is 11.3 Å². The van der Waals surface area contributed by atoms with Crippen LogP contribution in [0.25, 0.3) is 0 Å². The quantitative estimate of drug-likeness (QED) is 0.787. The van der Waals surface area contributed by atoms with E-state index in [1.165, 1.54) is 18.3 Å². The van der Waals surface area contributed by atoms with E-state index in [0.29, 0.717) is 22.6 Å². The van der Waals surface area contributed by atoms with Gasteiger partial charge in [-0.25, -0.2) is 0 Å². The van der Waals surface area contributed by atoms with Crippen LogP contribution in [0.2, 0.25) is 10.0 Å². The SMILES string of the molecule is CC(=O)C1Cc2cc(C(=O)c3cccs3)c(Cl)c(Cl)c2O1. The van der Waals surface area contributed by atoms with E-state index in [4.69, 9.17) is 27.9 Å². The molecule has 0 N–H and O–H groups in total. The van der Waals surface area contributed by atoms with Crippen molar-refractivity contribution >= 4 is 46.1 Å². The fraction of sp³-hybridized carbons (Fsp3) is 0.200. The van der Waals surface area contributed by atoms with Gasteiger partial charge in [-0.3, -0.25) is 9.59 Å². The highest BCUT2D eigenvalue weighted by Crippen LogP contribution is 2.43. The van der Waals surface area contributed by atoms with Crippen LogP contribution in [0.15, 0.2) is 23.6 Å². The first-order valence-electron chi connectivity index (χ1n) is 6.25. The Kier molecular flexibility index (Phi) is 3.78. The van der Waals surface area contributed by atoms with Crippen molar-refractivity contribution in [3.63, 3.8) is 0 Å². The lowest BCUT2D eigenvalue weighted by atomic mass is 10.0. The van der Waals surface area contributed by atoms with Crippen LogP contribution in [0.3, 0.4) is 0 Å². The van der Waals surface area contributed by atoms with Crippen LogP contribution < -0.4 is 4.74 Å². The molecule has 6 heteroatoms. The van der Waals surface area contributed by atoms with Gasteiger partial charge < -0.3 is 4.74 Å². The summed E-state index contributed by atoms with van der Waals surface area (Å²) >= 11 is 13.7. The zero-order chi connectivity index (χ0) is 15.1. The highest BCUT2D eigenvalue weighted by molar-refractivity contribution is 7.12. The number of hydrogen-bond donors (Lipinski definition) is 0. The first-order chi connectivity index (χ1) is 9.99. The number of benzene rings is 1. The normalized spacial score (nSPS) is 16.4. The number of Topliss-reactive ketones (excluding diaryl/α,β-unsaturated/α-hetero) is 1. The van der Waals surface area contributed by atoms with E-state index in [0.717, 1.165) is 5.56 Å². The van der Waals surface area contributed by atoms with E-state index < -0.39 is 6.10 Å². The van der Waals surface area contributed by atoms with Gasteiger partial charge >= 0.3 is 0 Å². The zero-order valence-electron chi connectivity index (χ0n) is 11.0. The van der Waals surface area contributed by atoms with Crippen molar-refractivity contribution in [1.82, 2.24) is 0 Å². The number of thiophene rings is 1. The van der Waals surface area contributed by atoms with Gasteiger partial charge in [0.2, 0.25) is 5.78 Å². The van der Waals surface area contributed by atoms with E-state index in [-0.39, 0.29) is 21.6 Å². The maximum absolute atomic E-state index is 12.5. The average Bonchev–Trinajstić information content (AvgIpc) is 3.10. The van der Waals surface area contributed by atoms with Crippen LogP contribution in [-0.4, -0.2) is 17.7 Å². The number of carbonyl (C=O) groups excluding carboxylic acids is 2. The molecule has 2 heterocycles. The predicted molar refractivity (Wildman–Crippen MR) is 83.0 cm³/mol. The lowest BCUT2D eigenvalue weighted by Crippen LogP contribution is -2.22. The number of ketones is 2. The minimum absolute atomic E-state index is 0.0791. The van der Waals surface area contributed by atoms with Gasteiger partial charge in [-0.1, -0.05) is 29.3 Å². The van der Waals surface area contributed by atoms with E-state index in [1.807, 2.05) is 5.38 Å². The first kappa shape index (κ1) is 14.6. The van der Waals surface area contributed by atoms with Crippen molar-refractivity contribution in [3.05, 3.63) is 49.6 Å². The lowest BCUT2D eigenvalue weighted by Gasteiger charge is -2.09. The van der Waals surface area contributed by atoms with Gasteiger partial charge in [-0.2, -0.15) is 0 Å². The largest absolute Gasteiger partial charge is 0.480 e. The molecule has 2 aromatic rings. The summed E-state index contributed by atoms with van der Waals surface area (Å²) in [4.78, 5) is 24.5. The van der Waals surface area contributed by atoms with E-state index >= 15 is 0 Å². The Balaban J connectivity index is 2.06. The third kappa shape index (κ3) is 2.48. The Morgan fingerprint density at radius 2 is 2.10 bits per heavy atom. The maximum atomic E-state index is 12.5. The fourth-order valence-corrected chi connectivity index (χ4v) is 3.43.